The van der Waals surface area contributed by atoms with Crippen molar-refractivity contribution in [3.8, 4) is 5.69 Å². The molecule has 0 atom stereocenters. The van der Waals surface area contributed by atoms with Crippen LogP contribution < -0.4 is 11.3 Å². The molecule has 5 aromatic rings. The molecule has 1 fully saturated rings. The normalized spacial score (nSPS) is 13.8. The average Bonchev–Trinajstić information content (AvgIpc) is 3.07. The number of hydrogen-bond acceptors (Lipinski definition) is 5. The monoisotopic (exact) mass is 592 g/mol. The first kappa shape index (κ1) is 31.1. The second-order valence-corrected chi connectivity index (χ2v) is 11.5. The van der Waals surface area contributed by atoms with E-state index in [4.69, 9.17) is 5.73 Å². The van der Waals surface area contributed by atoms with Crippen LogP contribution in [0.5, 0.6) is 0 Å². The fraction of sp³-hybridized carbons (Fsp3) is 0.297. The van der Waals surface area contributed by atoms with Gasteiger partial charge in [-0.3, -0.25) is 9.36 Å². The Morgan fingerprint density at radius 2 is 1.48 bits per heavy atom. The van der Waals surface area contributed by atoms with Crippen LogP contribution in [0.3, 0.4) is 0 Å². The molecule has 1 aromatic heterocycles. The second-order valence-electron chi connectivity index (χ2n) is 11.5. The Bertz CT molecular complexity index is 1680. The van der Waals surface area contributed by atoms with Crippen molar-refractivity contribution in [3.05, 3.63) is 136 Å². The summed E-state index contributed by atoms with van der Waals surface area (Å²) in [5.74, 6) is 0.0894. The third-order valence-electron chi connectivity index (χ3n) is 8.40. The number of nitrogens with zero attached hydrogens (tertiary/aromatic N) is 3. The van der Waals surface area contributed by atoms with Gasteiger partial charge in [-0.25, -0.2) is 9.37 Å². The Labute approximate surface area is 258 Å². The van der Waals surface area contributed by atoms with Crippen molar-refractivity contribution in [1.82, 2.24) is 14.5 Å². The lowest BCUT2D eigenvalue weighted by molar-refractivity contribution is 0.0638. The number of likely N-dealkylation sites (tertiary alicyclic amines) is 1. The number of para-hydroxylation sites is 1. The van der Waals surface area contributed by atoms with Crippen LogP contribution in [0.4, 0.5) is 10.1 Å². The predicted octanol–water partition coefficient (Wildman–Crippen LogP) is 6.93. The lowest BCUT2D eigenvalue weighted by Gasteiger charge is -2.32. The zero-order valence-corrected chi connectivity index (χ0v) is 25.3. The molecule has 6 rings (SSSR count). The number of aryl methyl sites for hydroxylation is 1. The maximum Gasteiger partial charge on any atom is 0.266 e. The molecule has 0 amide bonds. The van der Waals surface area contributed by atoms with Gasteiger partial charge in [0.2, 0.25) is 0 Å². The van der Waals surface area contributed by atoms with E-state index in [0.717, 1.165) is 36.1 Å². The number of rotatable bonds is 8. The van der Waals surface area contributed by atoms with Crippen molar-refractivity contribution in [2.75, 3.05) is 25.4 Å². The lowest BCUT2D eigenvalue weighted by Crippen LogP contribution is -2.33. The number of anilines is 1. The minimum Gasteiger partial charge on any atom is -0.399 e. The minimum atomic E-state index is -0.891. The summed E-state index contributed by atoms with van der Waals surface area (Å²) in [5, 5.41) is 11.8. The maximum atomic E-state index is 13.3. The van der Waals surface area contributed by atoms with Gasteiger partial charge in [-0.2, -0.15) is 0 Å². The van der Waals surface area contributed by atoms with Crippen LogP contribution in [0, 0.1) is 6.92 Å². The second kappa shape index (κ2) is 14.4. The first-order valence-corrected chi connectivity index (χ1v) is 15.4. The van der Waals surface area contributed by atoms with Gasteiger partial charge in [-0.05, 0) is 93.2 Å². The van der Waals surface area contributed by atoms with Gasteiger partial charge in [0, 0.05) is 5.69 Å². The highest BCUT2D eigenvalue weighted by Gasteiger charge is 2.31. The van der Waals surface area contributed by atoms with Crippen LogP contribution in [0.1, 0.15) is 54.6 Å². The summed E-state index contributed by atoms with van der Waals surface area (Å²) >= 11 is 0. The molecular formula is C37H41FN4O2. The molecule has 6 nitrogen and oxygen atoms in total. The SMILES string of the molecule is Cc1ccccc1-n1c(CF)nc2ccc(N)cc2c1=O.OC(CCCN1CCCCC1)(c1ccccc1)c1ccccc1. The van der Waals surface area contributed by atoms with Gasteiger partial charge >= 0.3 is 0 Å². The summed E-state index contributed by atoms with van der Waals surface area (Å²) in [6, 6.07) is 32.3. The number of benzene rings is 4. The molecule has 0 unspecified atom stereocenters. The molecule has 0 saturated carbocycles. The number of fused-ring (bicyclic) bond motifs is 1. The van der Waals surface area contributed by atoms with Crippen LogP contribution in [0.2, 0.25) is 0 Å². The molecule has 7 heteroatoms. The minimum absolute atomic E-state index is 0.0894. The smallest absolute Gasteiger partial charge is 0.266 e. The summed E-state index contributed by atoms with van der Waals surface area (Å²) in [6.07, 6.45) is 5.79. The largest absolute Gasteiger partial charge is 0.399 e. The Morgan fingerprint density at radius 1 is 0.864 bits per heavy atom. The van der Waals surface area contributed by atoms with Gasteiger partial charge in [-0.15, -0.1) is 0 Å². The van der Waals surface area contributed by atoms with Crippen molar-refractivity contribution in [2.24, 2.45) is 0 Å². The summed E-state index contributed by atoms with van der Waals surface area (Å²) in [6.45, 7) is 4.57. The van der Waals surface area contributed by atoms with Crippen LogP contribution in [-0.4, -0.2) is 39.2 Å². The number of alkyl halides is 1. The number of piperidine rings is 1. The van der Waals surface area contributed by atoms with Gasteiger partial charge in [-0.1, -0.05) is 85.3 Å². The number of aromatic nitrogens is 2. The van der Waals surface area contributed by atoms with Crippen molar-refractivity contribution in [1.29, 1.82) is 0 Å². The Hall–Kier alpha value is -4.33. The quantitative estimate of drug-likeness (QED) is 0.191. The molecule has 0 spiro atoms. The number of aliphatic hydroxyl groups is 1. The number of nitrogens with two attached hydrogens (primary N) is 1. The Kier molecular flexibility index (Phi) is 10.2. The van der Waals surface area contributed by atoms with Crippen molar-refractivity contribution in [2.45, 2.75) is 51.3 Å². The molecule has 0 radical (unpaired) electrons. The Balaban J connectivity index is 0.000000175. The average molecular weight is 593 g/mol. The summed E-state index contributed by atoms with van der Waals surface area (Å²) < 4.78 is 14.7. The van der Waals surface area contributed by atoms with Crippen molar-refractivity contribution in [3.63, 3.8) is 0 Å². The lowest BCUT2D eigenvalue weighted by atomic mass is 9.82. The van der Waals surface area contributed by atoms with E-state index in [1.165, 1.54) is 36.9 Å². The van der Waals surface area contributed by atoms with Gasteiger partial charge < -0.3 is 15.7 Å². The molecule has 2 heterocycles. The standard InChI is InChI=1S/C21H27NO.C16H14FN3O/c23-21(19-11-4-1-5-12-19,20-13-6-2-7-14-20)15-10-18-22-16-8-3-9-17-22;1-10-4-2-3-5-14(10)20-15(9-17)19-13-7-6-11(18)8-12(13)16(20)21/h1-2,4-7,11-14,23H,3,8-10,15-18H2;2-8H,9,18H2,1H3. The van der Waals surface area contributed by atoms with E-state index < -0.39 is 12.3 Å². The molecule has 4 aromatic carbocycles. The highest BCUT2D eigenvalue weighted by atomic mass is 19.1. The zero-order chi connectivity index (χ0) is 30.9. The number of halogens is 1. The molecule has 3 N–H and O–H groups in total. The van der Waals surface area contributed by atoms with E-state index in [9.17, 15) is 14.3 Å². The molecule has 228 valence electrons. The van der Waals surface area contributed by atoms with E-state index in [2.05, 4.69) is 9.88 Å². The van der Waals surface area contributed by atoms with Gasteiger partial charge in [0.25, 0.3) is 5.56 Å². The highest BCUT2D eigenvalue weighted by Crippen LogP contribution is 2.34. The summed E-state index contributed by atoms with van der Waals surface area (Å²) in [5.41, 5.74) is 8.95. The molecule has 0 aliphatic carbocycles. The topological polar surface area (TPSA) is 84.4 Å². The number of nitrogen functional groups attached to an aromatic ring is 1. The third-order valence-corrected chi connectivity index (χ3v) is 8.40. The molecule has 1 saturated heterocycles. The first-order chi connectivity index (χ1) is 21.4. The molecule has 1 aliphatic rings. The van der Waals surface area contributed by atoms with Crippen LogP contribution in [0.15, 0.2) is 108 Å². The third kappa shape index (κ3) is 7.07. The summed E-state index contributed by atoms with van der Waals surface area (Å²) in [7, 11) is 0. The molecule has 1 aliphatic heterocycles. The van der Waals surface area contributed by atoms with Gasteiger partial charge in [0.05, 0.1) is 16.6 Å². The summed E-state index contributed by atoms with van der Waals surface area (Å²) in [4.78, 5) is 19.5. The molecule has 44 heavy (non-hydrogen) atoms. The van der Waals surface area contributed by atoms with Crippen LogP contribution in [0.25, 0.3) is 16.6 Å². The van der Waals surface area contributed by atoms with Gasteiger partial charge in [0.1, 0.15) is 18.1 Å². The first-order valence-electron chi connectivity index (χ1n) is 15.4. The molecular weight excluding hydrogens is 551 g/mol. The van der Waals surface area contributed by atoms with Crippen molar-refractivity contribution < 1.29 is 9.50 Å². The van der Waals surface area contributed by atoms with Crippen LogP contribution >= 0.6 is 0 Å². The van der Waals surface area contributed by atoms with E-state index in [1.54, 1.807) is 30.3 Å². The van der Waals surface area contributed by atoms with E-state index >= 15 is 0 Å². The van der Waals surface area contributed by atoms with Gasteiger partial charge in [0.15, 0.2) is 0 Å². The van der Waals surface area contributed by atoms with Crippen LogP contribution in [-0.2, 0) is 12.3 Å². The Morgan fingerprint density at radius 3 is 2.09 bits per heavy atom. The number of hydrogen-bond donors (Lipinski definition) is 2. The fourth-order valence-electron chi connectivity index (χ4n) is 6.03. The van der Waals surface area contributed by atoms with E-state index in [-0.39, 0.29) is 11.4 Å². The van der Waals surface area contributed by atoms with E-state index in [0.29, 0.717) is 22.3 Å². The van der Waals surface area contributed by atoms with E-state index in [1.807, 2.05) is 79.7 Å². The molecule has 0 bridgehead atoms. The highest BCUT2D eigenvalue weighted by molar-refractivity contribution is 5.81. The fourth-order valence-corrected chi connectivity index (χ4v) is 6.03. The van der Waals surface area contributed by atoms with Crippen molar-refractivity contribution >= 4 is 16.6 Å². The zero-order valence-electron chi connectivity index (χ0n) is 25.3. The predicted molar refractivity (Wildman–Crippen MR) is 177 cm³/mol. The maximum absolute atomic E-state index is 13.3.